The second-order valence-corrected chi connectivity index (χ2v) is 3.55. The third-order valence-corrected chi connectivity index (χ3v) is 2.63. The van der Waals surface area contributed by atoms with Gasteiger partial charge in [-0.2, -0.15) is 0 Å². The van der Waals surface area contributed by atoms with E-state index in [1.54, 1.807) is 6.07 Å². The number of hydrogen-bond donors (Lipinski definition) is 2. The summed E-state index contributed by atoms with van der Waals surface area (Å²) in [4.78, 5) is 1.14. The summed E-state index contributed by atoms with van der Waals surface area (Å²) in [6.45, 7) is 3.92. The van der Waals surface area contributed by atoms with E-state index in [2.05, 4.69) is 0 Å². The summed E-state index contributed by atoms with van der Waals surface area (Å²) in [7, 11) is -1.31. The number of rotatable bonds is 1. The molecule has 0 saturated carbocycles. The average molecular weight is 156 g/mol. The Morgan fingerprint density at radius 3 is 2.20 bits per heavy atom. The molecule has 0 aliphatic carbocycles. The molecule has 0 spiro atoms. The largest absolute Gasteiger partial charge is 0.499 e. The first-order valence-electron chi connectivity index (χ1n) is 3.04. The minimum absolute atomic E-state index is 0.620. The van der Waals surface area contributed by atoms with E-state index in [1.165, 1.54) is 11.3 Å². The van der Waals surface area contributed by atoms with Crippen molar-refractivity contribution in [2.24, 2.45) is 0 Å². The fraction of sp³-hybridized carbons (Fsp3) is 0.333. The summed E-state index contributed by atoms with van der Waals surface area (Å²) in [5, 5.41) is 17.5. The second kappa shape index (κ2) is 2.74. The highest BCUT2D eigenvalue weighted by molar-refractivity contribution is 7.22. The van der Waals surface area contributed by atoms with Gasteiger partial charge in [-0.1, -0.05) is 0 Å². The lowest BCUT2D eigenvalue weighted by Gasteiger charge is -1.88. The number of hydrogen-bond acceptors (Lipinski definition) is 3. The molecule has 1 heterocycles. The first-order chi connectivity index (χ1) is 4.61. The SMILES string of the molecule is Cc1cc(B(O)O)sc1C. The lowest BCUT2D eigenvalue weighted by atomic mass is 9.89. The molecular weight excluding hydrogens is 147 g/mol. The van der Waals surface area contributed by atoms with Crippen LogP contribution in [0.2, 0.25) is 0 Å². The molecule has 54 valence electrons. The van der Waals surface area contributed by atoms with E-state index < -0.39 is 7.12 Å². The molecule has 4 heteroatoms. The summed E-state index contributed by atoms with van der Waals surface area (Å²) in [5.74, 6) is 0. The van der Waals surface area contributed by atoms with Crippen LogP contribution in [-0.4, -0.2) is 17.2 Å². The molecule has 2 N–H and O–H groups in total. The van der Waals surface area contributed by atoms with Crippen LogP contribution >= 0.6 is 11.3 Å². The zero-order chi connectivity index (χ0) is 7.72. The van der Waals surface area contributed by atoms with Gasteiger partial charge in [-0.3, -0.25) is 0 Å². The lowest BCUT2D eigenvalue weighted by Crippen LogP contribution is -2.26. The van der Waals surface area contributed by atoms with Crippen molar-refractivity contribution in [3.05, 3.63) is 16.5 Å². The van der Waals surface area contributed by atoms with Gasteiger partial charge in [-0.25, -0.2) is 0 Å². The first-order valence-corrected chi connectivity index (χ1v) is 3.86. The van der Waals surface area contributed by atoms with Crippen LogP contribution in [0.4, 0.5) is 0 Å². The standard InChI is InChI=1S/C6H9BO2S/c1-4-3-6(7(8)9)10-5(4)2/h3,8-9H,1-2H3. The van der Waals surface area contributed by atoms with E-state index in [4.69, 9.17) is 10.0 Å². The van der Waals surface area contributed by atoms with Crippen LogP contribution in [0, 0.1) is 13.8 Å². The first kappa shape index (κ1) is 7.79. The quantitative estimate of drug-likeness (QED) is 0.563. The summed E-state index contributed by atoms with van der Waals surface area (Å²) in [6, 6.07) is 1.80. The van der Waals surface area contributed by atoms with Crippen LogP contribution in [0.25, 0.3) is 0 Å². The van der Waals surface area contributed by atoms with Gasteiger partial charge in [0.05, 0.1) is 0 Å². The summed E-state index contributed by atoms with van der Waals surface area (Å²) in [6.07, 6.45) is 0. The Balaban J connectivity index is 2.98. The monoisotopic (exact) mass is 156 g/mol. The molecule has 1 rings (SSSR count). The average Bonchev–Trinajstić information content (AvgIpc) is 2.13. The minimum Gasteiger partial charge on any atom is -0.423 e. The van der Waals surface area contributed by atoms with E-state index in [1.807, 2.05) is 13.8 Å². The molecule has 0 saturated heterocycles. The zero-order valence-electron chi connectivity index (χ0n) is 5.96. The van der Waals surface area contributed by atoms with E-state index in [0.29, 0.717) is 4.78 Å². The topological polar surface area (TPSA) is 40.5 Å². The van der Waals surface area contributed by atoms with Crippen molar-refractivity contribution in [1.29, 1.82) is 0 Å². The van der Waals surface area contributed by atoms with Crippen LogP contribution in [0.5, 0.6) is 0 Å². The van der Waals surface area contributed by atoms with E-state index in [9.17, 15) is 0 Å². The van der Waals surface area contributed by atoms with Crippen LogP contribution < -0.4 is 4.78 Å². The van der Waals surface area contributed by atoms with Crippen molar-refractivity contribution in [3.8, 4) is 0 Å². The summed E-state index contributed by atoms with van der Waals surface area (Å²) >= 11 is 1.42. The Bertz CT molecular complexity index is 212. The normalized spacial score (nSPS) is 10.0. The van der Waals surface area contributed by atoms with Gasteiger partial charge in [0.15, 0.2) is 0 Å². The highest BCUT2D eigenvalue weighted by Crippen LogP contribution is 2.11. The summed E-state index contributed by atoms with van der Waals surface area (Å²) < 4.78 is 0.620. The van der Waals surface area contributed by atoms with Gasteiger partial charge in [-0.05, 0) is 25.5 Å². The molecule has 0 fully saturated rings. The van der Waals surface area contributed by atoms with Crippen LogP contribution in [0.3, 0.4) is 0 Å². The second-order valence-electron chi connectivity index (χ2n) is 2.26. The smallest absolute Gasteiger partial charge is 0.423 e. The molecule has 0 unspecified atom stereocenters. The van der Waals surface area contributed by atoms with Crippen molar-refractivity contribution < 1.29 is 10.0 Å². The van der Waals surface area contributed by atoms with Gasteiger partial charge in [-0.15, -0.1) is 11.3 Å². The maximum Gasteiger partial charge on any atom is 0.499 e. The fourth-order valence-electron chi connectivity index (χ4n) is 0.729. The molecule has 0 aliphatic heterocycles. The molecule has 1 aromatic heterocycles. The maximum atomic E-state index is 8.73. The van der Waals surface area contributed by atoms with Gasteiger partial charge in [0.25, 0.3) is 0 Å². The molecule has 0 aromatic carbocycles. The molecule has 2 nitrogen and oxygen atoms in total. The molecule has 10 heavy (non-hydrogen) atoms. The molecule has 1 aromatic rings. The molecule has 0 bridgehead atoms. The molecular formula is C6H9BO2S. The summed E-state index contributed by atoms with van der Waals surface area (Å²) in [5.41, 5.74) is 1.12. The molecule has 0 aliphatic rings. The minimum atomic E-state index is -1.31. The Morgan fingerprint density at radius 2 is 2.00 bits per heavy atom. The lowest BCUT2D eigenvalue weighted by molar-refractivity contribution is 0.427. The van der Waals surface area contributed by atoms with Crippen molar-refractivity contribution in [2.75, 3.05) is 0 Å². The number of aryl methyl sites for hydroxylation is 2. The fourth-order valence-corrected chi connectivity index (χ4v) is 1.64. The Morgan fingerprint density at radius 1 is 1.40 bits per heavy atom. The molecule has 0 radical (unpaired) electrons. The van der Waals surface area contributed by atoms with Gasteiger partial charge in [0, 0.05) is 9.65 Å². The van der Waals surface area contributed by atoms with Crippen molar-refractivity contribution in [2.45, 2.75) is 13.8 Å². The third-order valence-electron chi connectivity index (χ3n) is 1.44. The van der Waals surface area contributed by atoms with E-state index >= 15 is 0 Å². The van der Waals surface area contributed by atoms with Gasteiger partial charge in [0.2, 0.25) is 0 Å². The van der Waals surface area contributed by atoms with E-state index in [0.717, 1.165) is 10.4 Å². The van der Waals surface area contributed by atoms with Crippen LogP contribution in [-0.2, 0) is 0 Å². The Labute approximate surface area is 64.3 Å². The third kappa shape index (κ3) is 1.40. The predicted octanol–water partition coefficient (Wildman–Crippen LogP) is 0.0447. The van der Waals surface area contributed by atoms with Gasteiger partial charge in [0.1, 0.15) is 0 Å². The molecule has 0 amide bonds. The van der Waals surface area contributed by atoms with Crippen LogP contribution in [0.15, 0.2) is 6.07 Å². The van der Waals surface area contributed by atoms with Crippen molar-refractivity contribution >= 4 is 23.2 Å². The zero-order valence-corrected chi connectivity index (χ0v) is 6.77. The predicted molar refractivity (Wildman–Crippen MR) is 43.6 cm³/mol. The van der Waals surface area contributed by atoms with Gasteiger partial charge >= 0.3 is 7.12 Å². The van der Waals surface area contributed by atoms with Crippen LogP contribution in [0.1, 0.15) is 10.4 Å². The highest BCUT2D eigenvalue weighted by atomic mass is 32.1. The van der Waals surface area contributed by atoms with E-state index in [-0.39, 0.29) is 0 Å². The Hall–Kier alpha value is -0.315. The molecule has 0 atom stereocenters. The Kier molecular flexibility index (Phi) is 2.13. The van der Waals surface area contributed by atoms with Gasteiger partial charge < -0.3 is 10.0 Å². The van der Waals surface area contributed by atoms with Crippen molar-refractivity contribution in [1.82, 2.24) is 0 Å². The highest BCUT2D eigenvalue weighted by Gasteiger charge is 2.13. The number of thiophene rings is 1. The maximum absolute atomic E-state index is 8.73. The van der Waals surface area contributed by atoms with Crippen molar-refractivity contribution in [3.63, 3.8) is 0 Å².